The molecule has 0 saturated heterocycles. The predicted molar refractivity (Wildman–Crippen MR) is 82.3 cm³/mol. The minimum Gasteiger partial charge on any atom is -0.454 e. The van der Waals surface area contributed by atoms with Crippen LogP contribution in [0.15, 0.2) is 41.3 Å². The zero-order valence-corrected chi connectivity index (χ0v) is 12.4. The van der Waals surface area contributed by atoms with Crippen molar-refractivity contribution in [3.8, 4) is 17.6 Å². The first kappa shape index (κ1) is 14.2. The fourth-order valence-electron chi connectivity index (χ4n) is 1.99. The van der Waals surface area contributed by atoms with Gasteiger partial charge in [0.2, 0.25) is 6.79 Å². The van der Waals surface area contributed by atoms with Crippen molar-refractivity contribution in [2.24, 2.45) is 0 Å². The van der Waals surface area contributed by atoms with Crippen molar-refractivity contribution < 1.29 is 14.3 Å². The molecule has 0 spiro atoms. The minimum atomic E-state index is -0.395. The largest absolute Gasteiger partial charge is 0.454 e. The lowest BCUT2D eigenvalue weighted by Crippen LogP contribution is -2.23. The van der Waals surface area contributed by atoms with E-state index in [1.54, 1.807) is 12.1 Å². The Bertz CT molecular complexity index is 760. The van der Waals surface area contributed by atoms with Crippen molar-refractivity contribution in [2.75, 3.05) is 6.79 Å². The zero-order chi connectivity index (χ0) is 15.4. The number of carbonyl (C=O) groups excluding carboxylic acids is 1. The highest BCUT2D eigenvalue weighted by Gasteiger charge is 2.14. The highest BCUT2D eigenvalue weighted by molar-refractivity contribution is 7.10. The Morgan fingerprint density at radius 2 is 2.23 bits per heavy atom. The van der Waals surface area contributed by atoms with Crippen LogP contribution in [-0.2, 0) is 11.3 Å². The van der Waals surface area contributed by atoms with Gasteiger partial charge in [0, 0.05) is 11.4 Å². The van der Waals surface area contributed by atoms with Gasteiger partial charge < -0.3 is 14.8 Å². The highest BCUT2D eigenvalue weighted by atomic mass is 32.1. The number of hydrogen-bond donors (Lipinski definition) is 1. The molecule has 0 fully saturated rings. The van der Waals surface area contributed by atoms with Gasteiger partial charge in [-0.15, -0.1) is 11.3 Å². The number of nitrogens with zero attached hydrogens (tertiary/aromatic N) is 1. The number of thiophene rings is 1. The van der Waals surface area contributed by atoms with Gasteiger partial charge in [-0.1, -0.05) is 12.1 Å². The van der Waals surface area contributed by atoms with Gasteiger partial charge in [-0.2, -0.15) is 5.26 Å². The Hall–Kier alpha value is -2.78. The lowest BCUT2D eigenvalue weighted by molar-refractivity contribution is -0.117. The number of rotatable bonds is 4. The van der Waals surface area contributed by atoms with Gasteiger partial charge in [0.05, 0.1) is 0 Å². The molecule has 1 N–H and O–H groups in total. The van der Waals surface area contributed by atoms with Gasteiger partial charge in [0.1, 0.15) is 11.6 Å². The normalized spacial score (nSPS) is 12.8. The quantitative estimate of drug-likeness (QED) is 0.696. The summed E-state index contributed by atoms with van der Waals surface area (Å²) in [4.78, 5) is 12.9. The van der Waals surface area contributed by atoms with Crippen molar-refractivity contribution in [1.82, 2.24) is 5.32 Å². The Labute approximate surface area is 131 Å². The van der Waals surface area contributed by atoms with E-state index in [0.717, 1.165) is 10.4 Å². The van der Waals surface area contributed by atoms with Gasteiger partial charge >= 0.3 is 0 Å². The van der Waals surface area contributed by atoms with E-state index >= 15 is 0 Å². The summed E-state index contributed by atoms with van der Waals surface area (Å²) in [6.45, 7) is 0.534. The smallest absolute Gasteiger partial charge is 0.262 e. The summed E-state index contributed by atoms with van der Waals surface area (Å²) in [5.41, 5.74) is 0.967. The van der Waals surface area contributed by atoms with Gasteiger partial charge in [0.25, 0.3) is 5.91 Å². The Morgan fingerprint density at radius 1 is 1.36 bits per heavy atom. The summed E-state index contributed by atoms with van der Waals surface area (Å²) in [6, 6.07) is 11.1. The highest BCUT2D eigenvalue weighted by Crippen LogP contribution is 2.32. The fraction of sp³-hybridized carbons (Fsp3) is 0.125. The summed E-state index contributed by atoms with van der Waals surface area (Å²) in [6.07, 6.45) is 1.58. The second-order valence-electron chi connectivity index (χ2n) is 4.56. The molecule has 5 nitrogen and oxygen atoms in total. The second-order valence-corrected chi connectivity index (χ2v) is 5.53. The Balaban J connectivity index is 1.65. The molecule has 0 atom stereocenters. The van der Waals surface area contributed by atoms with Crippen molar-refractivity contribution in [3.63, 3.8) is 0 Å². The van der Waals surface area contributed by atoms with Crippen LogP contribution in [0.2, 0.25) is 0 Å². The molecule has 2 aromatic rings. The van der Waals surface area contributed by atoms with E-state index in [1.807, 2.05) is 35.7 Å². The number of benzene rings is 1. The van der Waals surface area contributed by atoms with Crippen molar-refractivity contribution in [2.45, 2.75) is 6.54 Å². The molecule has 3 rings (SSSR count). The predicted octanol–water partition coefficient (Wildman–Crippen LogP) is 2.70. The van der Waals surface area contributed by atoms with E-state index in [2.05, 4.69) is 5.32 Å². The molecule has 1 aromatic heterocycles. The summed E-state index contributed by atoms with van der Waals surface area (Å²) in [5.74, 6) is 0.973. The Morgan fingerprint density at radius 3 is 3.00 bits per heavy atom. The van der Waals surface area contributed by atoms with Crippen LogP contribution in [0.1, 0.15) is 10.4 Å². The lowest BCUT2D eigenvalue weighted by Gasteiger charge is -2.05. The number of ether oxygens (including phenoxy) is 2. The van der Waals surface area contributed by atoms with Gasteiger partial charge in [-0.05, 0) is 35.2 Å². The summed E-state index contributed by atoms with van der Waals surface area (Å²) >= 11 is 1.47. The maximum atomic E-state index is 12.1. The van der Waals surface area contributed by atoms with Crippen LogP contribution in [-0.4, -0.2) is 12.7 Å². The van der Waals surface area contributed by atoms with E-state index in [9.17, 15) is 4.79 Å². The molecule has 0 unspecified atom stereocenters. The van der Waals surface area contributed by atoms with Crippen LogP contribution in [0.4, 0.5) is 0 Å². The van der Waals surface area contributed by atoms with Gasteiger partial charge in [-0.25, -0.2) is 0 Å². The lowest BCUT2D eigenvalue weighted by atomic mass is 10.2. The van der Waals surface area contributed by atoms with Crippen LogP contribution in [0.3, 0.4) is 0 Å². The number of nitriles is 1. The van der Waals surface area contributed by atoms with E-state index < -0.39 is 5.91 Å². The van der Waals surface area contributed by atoms with Crippen LogP contribution in [0, 0.1) is 11.3 Å². The third-order valence-corrected chi connectivity index (χ3v) is 3.90. The SMILES string of the molecule is N#C/C(=C\c1cccs1)C(=O)NCc1ccc2c(c1)OCO2. The topological polar surface area (TPSA) is 71.4 Å². The van der Waals surface area contributed by atoms with E-state index in [1.165, 1.54) is 11.3 Å². The summed E-state index contributed by atoms with van der Waals surface area (Å²) in [7, 11) is 0. The first-order valence-electron chi connectivity index (χ1n) is 6.58. The molecular weight excluding hydrogens is 300 g/mol. The average Bonchev–Trinajstić information content (AvgIpc) is 3.20. The molecule has 0 bridgehead atoms. The van der Waals surface area contributed by atoms with Crippen LogP contribution >= 0.6 is 11.3 Å². The molecule has 6 heteroatoms. The van der Waals surface area contributed by atoms with Crippen molar-refractivity contribution >= 4 is 23.3 Å². The maximum Gasteiger partial charge on any atom is 0.262 e. The molecule has 1 amide bonds. The molecular formula is C16H12N2O3S. The number of carbonyl (C=O) groups is 1. The first-order chi connectivity index (χ1) is 10.8. The van der Waals surface area contributed by atoms with Crippen molar-refractivity contribution in [3.05, 3.63) is 51.7 Å². The number of fused-ring (bicyclic) bond motifs is 1. The van der Waals surface area contributed by atoms with Gasteiger partial charge in [-0.3, -0.25) is 4.79 Å². The van der Waals surface area contributed by atoms with Crippen molar-refractivity contribution in [1.29, 1.82) is 5.26 Å². The fourth-order valence-corrected chi connectivity index (χ4v) is 2.65. The van der Waals surface area contributed by atoms with E-state index in [0.29, 0.717) is 18.0 Å². The third kappa shape index (κ3) is 3.10. The van der Waals surface area contributed by atoms with Crippen LogP contribution in [0.25, 0.3) is 6.08 Å². The van der Waals surface area contributed by atoms with Crippen LogP contribution < -0.4 is 14.8 Å². The third-order valence-electron chi connectivity index (χ3n) is 3.08. The second kappa shape index (κ2) is 6.33. The summed E-state index contributed by atoms with van der Waals surface area (Å²) in [5, 5.41) is 13.7. The minimum absolute atomic E-state index is 0.0863. The zero-order valence-electron chi connectivity index (χ0n) is 11.5. The summed E-state index contributed by atoms with van der Waals surface area (Å²) < 4.78 is 10.5. The molecule has 0 radical (unpaired) electrons. The molecule has 22 heavy (non-hydrogen) atoms. The monoisotopic (exact) mass is 312 g/mol. The van der Waals surface area contributed by atoms with E-state index in [4.69, 9.17) is 14.7 Å². The first-order valence-corrected chi connectivity index (χ1v) is 7.46. The number of hydrogen-bond acceptors (Lipinski definition) is 5. The van der Waals surface area contributed by atoms with E-state index in [-0.39, 0.29) is 12.4 Å². The molecule has 1 aromatic carbocycles. The molecule has 0 aliphatic carbocycles. The maximum absolute atomic E-state index is 12.1. The molecule has 2 heterocycles. The average molecular weight is 312 g/mol. The molecule has 1 aliphatic rings. The van der Waals surface area contributed by atoms with Gasteiger partial charge in [0.15, 0.2) is 11.5 Å². The molecule has 1 aliphatic heterocycles. The Kier molecular flexibility index (Phi) is 4.08. The molecule has 110 valence electrons. The standard InChI is InChI=1S/C16H12N2O3S/c17-8-12(7-13-2-1-5-22-13)16(19)18-9-11-3-4-14-15(6-11)21-10-20-14/h1-7H,9-10H2,(H,18,19)/b12-7+. The number of nitrogens with one attached hydrogen (secondary N) is 1. The van der Waals surface area contributed by atoms with Crippen LogP contribution in [0.5, 0.6) is 11.5 Å². The molecule has 0 saturated carbocycles. The number of amides is 1.